The zero-order chi connectivity index (χ0) is 23.1. The van der Waals surface area contributed by atoms with Crippen LogP contribution in [-0.4, -0.2) is 40.7 Å². The van der Waals surface area contributed by atoms with Gasteiger partial charge in [0.1, 0.15) is 5.76 Å². The Morgan fingerprint density at radius 2 is 1.81 bits per heavy atom. The SMILES string of the molecule is CC(C)(C)c1cnc(CSc2cnc(NC(=O)c3ccc(N(CCCl)CCCl)cc3)s2)o1. The first-order valence-electron chi connectivity index (χ1n) is 10.1. The van der Waals surface area contributed by atoms with E-state index < -0.39 is 0 Å². The summed E-state index contributed by atoms with van der Waals surface area (Å²) in [7, 11) is 0. The molecule has 0 aliphatic rings. The predicted molar refractivity (Wildman–Crippen MR) is 135 cm³/mol. The third kappa shape index (κ3) is 6.88. The number of hydrogen-bond donors (Lipinski definition) is 1. The highest BCUT2D eigenvalue weighted by atomic mass is 35.5. The summed E-state index contributed by atoms with van der Waals surface area (Å²) < 4.78 is 6.80. The van der Waals surface area contributed by atoms with Crippen LogP contribution < -0.4 is 10.2 Å². The van der Waals surface area contributed by atoms with Crippen LogP contribution in [0.15, 0.2) is 45.3 Å². The Morgan fingerprint density at radius 3 is 2.41 bits per heavy atom. The van der Waals surface area contributed by atoms with Gasteiger partial charge in [-0.1, -0.05) is 32.1 Å². The van der Waals surface area contributed by atoms with E-state index in [1.807, 2.05) is 12.1 Å². The van der Waals surface area contributed by atoms with Crippen molar-refractivity contribution >= 4 is 63.0 Å². The number of benzene rings is 1. The zero-order valence-corrected chi connectivity index (χ0v) is 21.4. The molecule has 2 aromatic heterocycles. The van der Waals surface area contributed by atoms with Gasteiger partial charge in [0, 0.05) is 41.5 Å². The number of aromatic nitrogens is 2. The quantitative estimate of drug-likeness (QED) is 0.255. The Morgan fingerprint density at radius 1 is 1.12 bits per heavy atom. The molecule has 1 aromatic carbocycles. The van der Waals surface area contributed by atoms with Crippen molar-refractivity contribution in [3.8, 4) is 0 Å². The van der Waals surface area contributed by atoms with E-state index in [4.69, 9.17) is 27.6 Å². The van der Waals surface area contributed by atoms with Crippen molar-refractivity contribution in [3.63, 3.8) is 0 Å². The zero-order valence-electron chi connectivity index (χ0n) is 18.2. The van der Waals surface area contributed by atoms with E-state index in [1.165, 1.54) is 11.3 Å². The standard InChI is InChI=1S/C22H26Cl2N4O2S2/c1-22(2,3)17-12-25-18(30-17)14-31-19-13-26-21(32-19)27-20(29)15-4-6-16(7-5-15)28(10-8-23)11-9-24/h4-7,12-13H,8-11,14H2,1-3H3,(H,26,27,29). The van der Waals surface area contributed by atoms with E-state index in [9.17, 15) is 4.79 Å². The predicted octanol–water partition coefficient (Wildman–Crippen LogP) is 6.26. The number of oxazole rings is 1. The molecule has 0 fully saturated rings. The molecule has 1 amide bonds. The van der Waals surface area contributed by atoms with Gasteiger partial charge in [-0.15, -0.1) is 35.0 Å². The second kappa shape index (κ2) is 11.4. The number of amides is 1. The smallest absolute Gasteiger partial charge is 0.257 e. The summed E-state index contributed by atoms with van der Waals surface area (Å²) in [5.41, 5.74) is 1.48. The molecule has 0 aliphatic carbocycles. The number of nitrogens with zero attached hydrogens (tertiary/aromatic N) is 3. The van der Waals surface area contributed by atoms with Crippen molar-refractivity contribution < 1.29 is 9.21 Å². The van der Waals surface area contributed by atoms with Crippen molar-refractivity contribution in [1.29, 1.82) is 0 Å². The van der Waals surface area contributed by atoms with E-state index in [1.54, 1.807) is 36.3 Å². The summed E-state index contributed by atoms with van der Waals surface area (Å²) in [6.45, 7) is 7.67. The minimum absolute atomic E-state index is 0.0669. The maximum Gasteiger partial charge on any atom is 0.257 e. The molecule has 32 heavy (non-hydrogen) atoms. The minimum Gasteiger partial charge on any atom is -0.444 e. The van der Waals surface area contributed by atoms with E-state index in [-0.39, 0.29) is 11.3 Å². The lowest BCUT2D eigenvalue weighted by Gasteiger charge is -2.22. The number of alkyl halides is 2. The second-order valence-electron chi connectivity index (χ2n) is 8.01. The molecule has 10 heteroatoms. The van der Waals surface area contributed by atoms with Crippen molar-refractivity contribution in [1.82, 2.24) is 9.97 Å². The van der Waals surface area contributed by atoms with Crippen LogP contribution in [0.4, 0.5) is 10.8 Å². The van der Waals surface area contributed by atoms with Crippen LogP contribution in [0.25, 0.3) is 0 Å². The lowest BCUT2D eigenvalue weighted by molar-refractivity contribution is 0.102. The van der Waals surface area contributed by atoms with Gasteiger partial charge in [-0.25, -0.2) is 9.97 Å². The van der Waals surface area contributed by atoms with Gasteiger partial charge in [0.25, 0.3) is 5.91 Å². The maximum absolute atomic E-state index is 12.6. The highest BCUT2D eigenvalue weighted by molar-refractivity contribution is 8.00. The van der Waals surface area contributed by atoms with Crippen LogP contribution in [-0.2, 0) is 11.2 Å². The van der Waals surface area contributed by atoms with Crippen LogP contribution in [0.2, 0.25) is 0 Å². The molecule has 0 bridgehead atoms. The van der Waals surface area contributed by atoms with Crippen molar-refractivity contribution in [2.45, 2.75) is 36.1 Å². The number of thiazole rings is 1. The molecule has 0 spiro atoms. The fourth-order valence-corrected chi connectivity index (χ4v) is 4.94. The number of nitrogens with one attached hydrogen (secondary N) is 1. The van der Waals surface area contributed by atoms with Crippen LogP contribution in [0, 0.1) is 0 Å². The van der Waals surface area contributed by atoms with Crippen LogP contribution in [0.1, 0.15) is 42.8 Å². The first kappa shape index (κ1) is 24.9. The number of anilines is 2. The number of halogens is 2. The summed E-state index contributed by atoms with van der Waals surface area (Å²) in [4.78, 5) is 23.3. The van der Waals surface area contributed by atoms with E-state index in [0.717, 1.165) is 15.7 Å². The fourth-order valence-electron chi connectivity index (χ4n) is 2.81. The third-order valence-electron chi connectivity index (χ3n) is 4.54. The normalized spacial score (nSPS) is 11.5. The monoisotopic (exact) mass is 512 g/mol. The molecule has 0 unspecified atom stereocenters. The number of hydrogen-bond acceptors (Lipinski definition) is 7. The molecule has 0 atom stereocenters. The van der Waals surface area contributed by atoms with Crippen LogP contribution in [0.3, 0.4) is 0 Å². The minimum atomic E-state index is -0.203. The Hall–Kier alpha value is -1.74. The van der Waals surface area contributed by atoms with Crippen LogP contribution in [0.5, 0.6) is 0 Å². The Balaban J connectivity index is 1.55. The second-order valence-corrected chi connectivity index (χ2v) is 11.1. The molecular formula is C22H26Cl2N4O2S2. The van der Waals surface area contributed by atoms with E-state index >= 15 is 0 Å². The van der Waals surface area contributed by atoms with E-state index in [2.05, 4.69) is 41.0 Å². The van der Waals surface area contributed by atoms with Crippen LogP contribution >= 0.6 is 46.3 Å². The highest BCUT2D eigenvalue weighted by Gasteiger charge is 2.19. The number of thioether (sulfide) groups is 1. The van der Waals surface area contributed by atoms with Crippen molar-refractivity contribution in [2.75, 3.05) is 35.1 Å². The molecular weight excluding hydrogens is 487 g/mol. The fraction of sp³-hybridized carbons (Fsp3) is 0.409. The van der Waals surface area contributed by atoms with Gasteiger partial charge in [0.15, 0.2) is 5.13 Å². The van der Waals surface area contributed by atoms with Crippen molar-refractivity contribution in [2.24, 2.45) is 0 Å². The van der Waals surface area contributed by atoms with Gasteiger partial charge in [0.05, 0.1) is 22.4 Å². The summed E-state index contributed by atoms with van der Waals surface area (Å²) in [5.74, 6) is 2.97. The maximum atomic E-state index is 12.6. The summed E-state index contributed by atoms with van der Waals surface area (Å²) in [6.07, 6.45) is 3.53. The summed E-state index contributed by atoms with van der Waals surface area (Å²) in [5, 5.41) is 3.41. The number of carbonyl (C=O) groups excluding carboxylic acids is 1. The average Bonchev–Trinajstić information content (AvgIpc) is 3.41. The Bertz CT molecular complexity index is 1010. The lowest BCUT2D eigenvalue weighted by Crippen LogP contribution is -2.27. The van der Waals surface area contributed by atoms with Gasteiger partial charge in [0.2, 0.25) is 5.89 Å². The molecule has 1 N–H and O–H groups in total. The van der Waals surface area contributed by atoms with E-state index in [0.29, 0.717) is 47.2 Å². The van der Waals surface area contributed by atoms with Gasteiger partial charge >= 0.3 is 0 Å². The topological polar surface area (TPSA) is 71.3 Å². The molecule has 0 aliphatic heterocycles. The summed E-state index contributed by atoms with van der Waals surface area (Å²) in [6, 6.07) is 7.39. The third-order valence-corrected chi connectivity index (χ3v) is 6.97. The Labute approximate surface area is 206 Å². The number of carbonyl (C=O) groups is 1. The van der Waals surface area contributed by atoms with Gasteiger partial charge in [-0.2, -0.15) is 0 Å². The first-order valence-corrected chi connectivity index (χ1v) is 13.0. The van der Waals surface area contributed by atoms with Gasteiger partial charge < -0.3 is 9.32 Å². The molecule has 3 rings (SSSR count). The molecule has 0 radical (unpaired) electrons. The molecule has 172 valence electrons. The first-order chi connectivity index (χ1) is 15.3. The molecule has 6 nitrogen and oxygen atoms in total. The summed E-state index contributed by atoms with van der Waals surface area (Å²) >= 11 is 14.7. The molecule has 2 heterocycles. The number of rotatable bonds is 10. The molecule has 3 aromatic rings. The average molecular weight is 514 g/mol. The van der Waals surface area contributed by atoms with Gasteiger partial charge in [-0.3, -0.25) is 10.1 Å². The molecule has 0 saturated heterocycles. The molecule has 0 saturated carbocycles. The highest BCUT2D eigenvalue weighted by Crippen LogP contribution is 2.32. The lowest BCUT2D eigenvalue weighted by atomic mass is 9.94. The van der Waals surface area contributed by atoms with Gasteiger partial charge in [-0.05, 0) is 24.3 Å². The largest absolute Gasteiger partial charge is 0.444 e. The van der Waals surface area contributed by atoms with Crippen molar-refractivity contribution in [3.05, 3.63) is 53.9 Å². The Kier molecular flexibility index (Phi) is 8.87.